The van der Waals surface area contributed by atoms with Crippen LogP contribution in [-0.2, 0) is 0 Å². The summed E-state index contributed by atoms with van der Waals surface area (Å²) in [4.78, 5) is 0. The van der Waals surface area contributed by atoms with Crippen LogP contribution in [-0.4, -0.2) is 0 Å². The molecular weight excluding hydrogens is 132 g/mol. The van der Waals surface area contributed by atoms with Gasteiger partial charge < -0.3 is 0 Å². The second-order valence-electron chi connectivity index (χ2n) is 5.14. The minimum atomic E-state index is 0.955. The lowest BCUT2D eigenvalue weighted by atomic mass is 9.72. The van der Waals surface area contributed by atoms with Crippen molar-refractivity contribution in [2.75, 3.05) is 0 Å². The molecule has 11 heavy (non-hydrogen) atoms. The topological polar surface area (TPSA) is 0 Å². The standard InChI is InChI=1S/C11H20/c1-7(2)10-6-11(10)9-4-8(3)5-9/h7-11H,4-6H2,1-3H3. The molecule has 0 heterocycles. The van der Waals surface area contributed by atoms with Gasteiger partial charge in [0, 0.05) is 0 Å². The Morgan fingerprint density at radius 2 is 1.73 bits per heavy atom. The van der Waals surface area contributed by atoms with Gasteiger partial charge in [0.1, 0.15) is 0 Å². The molecule has 0 amide bonds. The lowest BCUT2D eigenvalue weighted by molar-refractivity contribution is 0.173. The van der Waals surface area contributed by atoms with Gasteiger partial charge in [-0.25, -0.2) is 0 Å². The van der Waals surface area contributed by atoms with Crippen molar-refractivity contribution in [3.63, 3.8) is 0 Å². The first kappa shape index (κ1) is 7.64. The average molecular weight is 152 g/mol. The molecule has 0 radical (unpaired) electrons. The van der Waals surface area contributed by atoms with Gasteiger partial charge in [0.15, 0.2) is 0 Å². The van der Waals surface area contributed by atoms with Crippen molar-refractivity contribution in [1.29, 1.82) is 0 Å². The van der Waals surface area contributed by atoms with Gasteiger partial charge in [-0.2, -0.15) is 0 Å². The molecule has 2 aliphatic rings. The fourth-order valence-corrected chi connectivity index (χ4v) is 2.86. The highest BCUT2D eigenvalue weighted by atomic mass is 14.5. The largest absolute Gasteiger partial charge is 0.0625 e. The fourth-order valence-electron chi connectivity index (χ4n) is 2.86. The quantitative estimate of drug-likeness (QED) is 0.569. The molecule has 2 saturated carbocycles. The molecule has 0 aliphatic heterocycles. The minimum Gasteiger partial charge on any atom is -0.0625 e. The molecule has 0 aromatic carbocycles. The third-order valence-electron chi connectivity index (χ3n) is 3.76. The van der Waals surface area contributed by atoms with E-state index in [9.17, 15) is 0 Å². The number of hydrogen-bond donors (Lipinski definition) is 0. The van der Waals surface area contributed by atoms with E-state index in [-0.39, 0.29) is 0 Å². The van der Waals surface area contributed by atoms with Crippen molar-refractivity contribution in [3.05, 3.63) is 0 Å². The fraction of sp³-hybridized carbons (Fsp3) is 1.00. The van der Waals surface area contributed by atoms with Gasteiger partial charge in [-0.15, -0.1) is 0 Å². The Labute approximate surface area is 70.4 Å². The maximum Gasteiger partial charge on any atom is -0.0352 e. The maximum absolute atomic E-state index is 2.39. The molecule has 64 valence electrons. The zero-order valence-corrected chi connectivity index (χ0v) is 8.01. The first-order valence-electron chi connectivity index (χ1n) is 5.18. The Balaban J connectivity index is 1.75. The van der Waals surface area contributed by atoms with Crippen LogP contribution in [0.1, 0.15) is 40.0 Å². The van der Waals surface area contributed by atoms with Gasteiger partial charge in [-0.3, -0.25) is 0 Å². The molecular formula is C11H20. The summed E-state index contributed by atoms with van der Waals surface area (Å²) in [6.07, 6.45) is 4.62. The Morgan fingerprint density at radius 3 is 2.09 bits per heavy atom. The molecule has 0 spiro atoms. The van der Waals surface area contributed by atoms with Crippen LogP contribution in [0.3, 0.4) is 0 Å². The number of rotatable bonds is 2. The van der Waals surface area contributed by atoms with Crippen molar-refractivity contribution in [2.24, 2.45) is 29.6 Å². The van der Waals surface area contributed by atoms with E-state index < -0.39 is 0 Å². The van der Waals surface area contributed by atoms with Crippen LogP contribution in [0.2, 0.25) is 0 Å². The molecule has 0 aromatic rings. The lowest BCUT2D eigenvalue weighted by Crippen LogP contribution is -2.23. The predicted octanol–water partition coefficient (Wildman–Crippen LogP) is 3.32. The van der Waals surface area contributed by atoms with Crippen molar-refractivity contribution >= 4 is 0 Å². The Hall–Kier alpha value is 0. The van der Waals surface area contributed by atoms with Crippen LogP contribution >= 0.6 is 0 Å². The summed E-state index contributed by atoms with van der Waals surface area (Å²) in [5.74, 6) is 5.39. The zero-order chi connectivity index (χ0) is 8.01. The van der Waals surface area contributed by atoms with Gasteiger partial charge in [0.2, 0.25) is 0 Å². The van der Waals surface area contributed by atoms with Gasteiger partial charge in [-0.05, 0) is 48.9 Å². The van der Waals surface area contributed by atoms with E-state index in [0.29, 0.717) is 0 Å². The van der Waals surface area contributed by atoms with E-state index in [4.69, 9.17) is 0 Å². The van der Waals surface area contributed by atoms with Crippen LogP contribution in [0.25, 0.3) is 0 Å². The monoisotopic (exact) mass is 152 g/mol. The Bertz CT molecular complexity index is 142. The van der Waals surface area contributed by atoms with Gasteiger partial charge in [-0.1, -0.05) is 20.8 Å². The van der Waals surface area contributed by atoms with Gasteiger partial charge in [0.05, 0.1) is 0 Å². The zero-order valence-electron chi connectivity index (χ0n) is 8.01. The van der Waals surface area contributed by atoms with Gasteiger partial charge >= 0.3 is 0 Å². The van der Waals surface area contributed by atoms with E-state index in [2.05, 4.69) is 20.8 Å². The van der Waals surface area contributed by atoms with E-state index in [1.807, 2.05) is 0 Å². The molecule has 0 heteroatoms. The molecule has 0 bridgehead atoms. The first-order chi connectivity index (χ1) is 5.18. The van der Waals surface area contributed by atoms with Crippen molar-refractivity contribution in [1.82, 2.24) is 0 Å². The third kappa shape index (κ3) is 1.32. The summed E-state index contributed by atoms with van der Waals surface area (Å²) in [7, 11) is 0. The molecule has 0 saturated heterocycles. The van der Waals surface area contributed by atoms with Crippen molar-refractivity contribution in [2.45, 2.75) is 40.0 Å². The SMILES string of the molecule is CC1CC(C2CC2C(C)C)C1. The maximum atomic E-state index is 2.39. The van der Waals surface area contributed by atoms with Crippen LogP contribution in [0.15, 0.2) is 0 Å². The van der Waals surface area contributed by atoms with Crippen molar-refractivity contribution in [3.8, 4) is 0 Å². The second-order valence-corrected chi connectivity index (χ2v) is 5.14. The molecule has 0 aromatic heterocycles. The predicted molar refractivity (Wildman–Crippen MR) is 48.3 cm³/mol. The van der Waals surface area contributed by atoms with Gasteiger partial charge in [0.25, 0.3) is 0 Å². The summed E-state index contributed by atoms with van der Waals surface area (Å²) in [6, 6.07) is 0. The number of hydrogen-bond acceptors (Lipinski definition) is 0. The molecule has 2 fully saturated rings. The third-order valence-corrected chi connectivity index (χ3v) is 3.76. The van der Waals surface area contributed by atoms with E-state index >= 15 is 0 Å². The highest BCUT2D eigenvalue weighted by Crippen LogP contribution is 2.56. The molecule has 0 N–H and O–H groups in total. The summed E-state index contributed by atoms with van der Waals surface area (Å²) in [5.41, 5.74) is 0. The Morgan fingerprint density at radius 1 is 1.09 bits per heavy atom. The summed E-state index contributed by atoms with van der Waals surface area (Å²) in [6.45, 7) is 7.16. The smallest absolute Gasteiger partial charge is 0.0352 e. The molecule has 2 unspecified atom stereocenters. The Kier molecular flexibility index (Phi) is 1.74. The highest BCUT2D eigenvalue weighted by Gasteiger charge is 2.47. The van der Waals surface area contributed by atoms with Crippen LogP contribution in [0.4, 0.5) is 0 Å². The summed E-state index contributed by atoms with van der Waals surface area (Å²) >= 11 is 0. The van der Waals surface area contributed by atoms with E-state index in [1.54, 1.807) is 6.42 Å². The molecule has 2 aliphatic carbocycles. The normalized spacial score (nSPS) is 49.1. The van der Waals surface area contributed by atoms with Crippen LogP contribution in [0, 0.1) is 29.6 Å². The van der Waals surface area contributed by atoms with E-state index in [0.717, 1.165) is 29.6 Å². The first-order valence-corrected chi connectivity index (χ1v) is 5.18. The summed E-state index contributed by atoms with van der Waals surface area (Å²) < 4.78 is 0. The highest BCUT2D eigenvalue weighted by molar-refractivity contribution is 4.97. The molecule has 0 nitrogen and oxygen atoms in total. The average Bonchev–Trinajstić information content (AvgIpc) is 2.58. The van der Waals surface area contributed by atoms with Crippen molar-refractivity contribution < 1.29 is 0 Å². The van der Waals surface area contributed by atoms with Crippen LogP contribution in [0.5, 0.6) is 0 Å². The summed E-state index contributed by atoms with van der Waals surface area (Å²) in [5, 5.41) is 0. The minimum absolute atomic E-state index is 0.955. The lowest BCUT2D eigenvalue weighted by Gasteiger charge is -2.33. The molecule has 2 rings (SSSR count). The second kappa shape index (κ2) is 2.50. The van der Waals surface area contributed by atoms with E-state index in [1.165, 1.54) is 12.8 Å². The van der Waals surface area contributed by atoms with Crippen LogP contribution < -0.4 is 0 Å². The molecule has 2 atom stereocenters.